The van der Waals surface area contributed by atoms with Gasteiger partial charge in [0.1, 0.15) is 16.9 Å². The number of aromatic nitrogens is 1. The Hall–Kier alpha value is -0.840. The van der Waals surface area contributed by atoms with E-state index in [1.807, 2.05) is 0 Å². The van der Waals surface area contributed by atoms with Crippen molar-refractivity contribution >= 4 is 29.2 Å². The summed E-state index contributed by atoms with van der Waals surface area (Å²) in [5.74, 6) is -0.525. The summed E-state index contributed by atoms with van der Waals surface area (Å²) < 4.78 is 10.3. The van der Waals surface area contributed by atoms with Gasteiger partial charge in [0, 0.05) is 6.61 Å². The summed E-state index contributed by atoms with van der Waals surface area (Å²) in [6.07, 6.45) is 2.08. The third-order valence-corrected chi connectivity index (χ3v) is 2.64. The quantitative estimate of drug-likeness (QED) is 0.439. The van der Waals surface area contributed by atoms with E-state index in [-0.39, 0.29) is 22.5 Å². The molecule has 1 aromatic rings. The molecule has 0 N–H and O–H groups in total. The van der Waals surface area contributed by atoms with Crippen molar-refractivity contribution in [2.24, 2.45) is 0 Å². The highest BCUT2D eigenvalue weighted by Crippen LogP contribution is 2.17. The number of pyridine rings is 1. The lowest BCUT2D eigenvalue weighted by atomic mass is 10.3. The van der Waals surface area contributed by atoms with E-state index in [2.05, 4.69) is 11.9 Å². The lowest BCUT2D eigenvalue weighted by Crippen LogP contribution is -2.12. The van der Waals surface area contributed by atoms with Crippen molar-refractivity contribution in [3.05, 3.63) is 28.0 Å². The smallest absolute Gasteiger partial charge is 0.341 e. The molecule has 0 radical (unpaired) electrons. The first-order valence-electron chi connectivity index (χ1n) is 5.72. The number of hydrogen-bond acceptors (Lipinski definition) is 4. The minimum Gasteiger partial charge on any atom is -0.460 e. The van der Waals surface area contributed by atoms with E-state index in [0.717, 1.165) is 12.8 Å². The molecule has 1 rings (SSSR count). The summed E-state index contributed by atoms with van der Waals surface area (Å²) in [5.41, 5.74) is 0.203. The van der Waals surface area contributed by atoms with Crippen molar-refractivity contribution in [3.8, 4) is 0 Å². The maximum Gasteiger partial charge on any atom is 0.341 e. The third kappa shape index (κ3) is 5.21. The van der Waals surface area contributed by atoms with E-state index >= 15 is 0 Å². The summed E-state index contributed by atoms with van der Waals surface area (Å²) in [4.78, 5) is 15.4. The maximum absolute atomic E-state index is 11.6. The molecular formula is C12H15Cl2NO3. The number of esters is 1. The second-order valence-electron chi connectivity index (χ2n) is 3.57. The van der Waals surface area contributed by atoms with Crippen LogP contribution in [0, 0.1) is 0 Å². The van der Waals surface area contributed by atoms with E-state index in [4.69, 9.17) is 32.7 Å². The van der Waals surface area contributed by atoms with E-state index in [1.54, 1.807) is 0 Å². The number of carbonyl (C=O) groups excluding carboxylic acids is 1. The van der Waals surface area contributed by atoms with Gasteiger partial charge >= 0.3 is 5.97 Å². The van der Waals surface area contributed by atoms with Gasteiger partial charge in [-0.3, -0.25) is 0 Å². The van der Waals surface area contributed by atoms with Crippen LogP contribution in [0.2, 0.25) is 10.3 Å². The molecule has 0 aliphatic heterocycles. The fourth-order valence-corrected chi connectivity index (χ4v) is 1.61. The van der Waals surface area contributed by atoms with Crippen LogP contribution in [0.3, 0.4) is 0 Å². The van der Waals surface area contributed by atoms with Crippen molar-refractivity contribution in [1.29, 1.82) is 0 Å². The van der Waals surface area contributed by atoms with E-state index in [1.165, 1.54) is 12.1 Å². The predicted molar refractivity (Wildman–Crippen MR) is 70.3 cm³/mol. The second kappa shape index (κ2) is 8.29. The molecule has 0 amide bonds. The van der Waals surface area contributed by atoms with Crippen molar-refractivity contribution in [3.63, 3.8) is 0 Å². The molecule has 0 saturated carbocycles. The lowest BCUT2D eigenvalue weighted by molar-refractivity contribution is 0.0313. The molecule has 18 heavy (non-hydrogen) atoms. The topological polar surface area (TPSA) is 48.4 Å². The van der Waals surface area contributed by atoms with Gasteiger partial charge in [0.15, 0.2) is 0 Å². The SMILES string of the molecule is CCCCOCCOC(=O)c1ccc(Cl)nc1Cl. The highest BCUT2D eigenvalue weighted by molar-refractivity contribution is 6.34. The van der Waals surface area contributed by atoms with Crippen LogP contribution in [-0.2, 0) is 9.47 Å². The third-order valence-electron chi connectivity index (χ3n) is 2.14. The Morgan fingerprint density at radius 3 is 2.72 bits per heavy atom. The summed E-state index contributed by atoms with van der Waals surface area (Å²) in [7, 11) is 0. The molecular weight excluding hydrogens is 277 g/mol. The van der Waals surface area contributed by atoms with Crippen LogP contribution < -0.4 is 0 Å². The van der Waals surface area contributed by atoms with E-state index in [9.17, 15) is 4.79 Å². The van der Waals surface area contributed by atoms with Crippen LogP contribution in [0.1, 0.15) is 30.1 Å². The summed E-state index contributed by atoms with van der Waals surface area (Å²) in [6, 6.07) is 2.97. The zero-order valence-electron chi connectivity index (χ0n) is 10.1. The van der Waals surface area contributed by atoms with Gasteiger partial charge in [-0.15, -0.1) is 0 Å². The van der Waals surface area contributed by atoms with E-state index < -0.39 is 5.97 Å². The molecule has 0 aliphatic carbocycles. The molecule has 0 atom stereocenters. The summed E-state index contributed by atoms with van der Waals surface area (Å²) in [5, 5.41) is 0.277. The summed E-state index contributed by atoms with van der Waals surface area (Å²) >= 11 is 11.4. The molecule has 0 spiro atoms. The van der Waals surface area contributed by atoms with Gasteiger partial charge in [-0.2, -0.15) is 0 Å². The van der Waals surface area contributed by atoms with Gasteiger partial charge in [-0.25, -0.2) is 9.78 Å². The predicted octanol–water partition coefficient (Wildman–Crippen LogP) is 3.36. The zero-order valence-corrected chi connectivity index (χ0v) is 11.6. The van der Waals surface area contributed by atoms with Gasteiger partial charge in [-0.05, 0) is 18.6 Å². The molecule has 0 aromatic carbocycles. The molecule has 0 fully saturated rings. The Bertz CT molecular complexity index is 399. The Labute approximate surface area is 116 Å². The first kappa shape index (κ1) is 15.2. The summed E-state index contributed by atoms with van der Waals surface area (Å²) in [6.45, 7) is 3.34. The fourth-order valence-electron chi connectivity index (χ4n) is 1.18. The first-order valence-corrected chi connectivity index (χ1v) is 6.47. The van der Waals surface area contributed by atoms with Crippen molar-refractivity contribution < 1.29 is 14.3 Å². The number of carbonyl (C=O) groups is 1. The van der Waals surface area contributed by atoms with Crippen LogP contribution in [-0.4, -0.2) is 30.8 Å². The molecule has 1 heterocycles. The van der Waals surface area contributed by atoms with Gasteiger partial charge in [-0.1, -0.05) is 36.5 Å². The molecule has 0 saturated heterocycles. The van der Waals surface area contributed by atoms with Gasteiger partial charge < -0.3 is 9.47 Å². The Kier molecular flexibility index (Phi) is 7.01. The van der Waals surface area contributed by atoms with Crippen molar-refractivity contribution in [2.45, 2.75) is 19.8 Å². The van der Waals surface area contributed by atoms with Crippen LogP contribution in [0.5, 0.6) is 0 Å². The second-order valence-corrected chi connectivity index (χ2v) is 4.32. The largest absolute Gasteiger partial charge is 0.460 e. The number of unbranched alkanes of at least 4 members (excludes halogenated alkanes) is 1. The maximum atomic E-state index is 11.6. The van der Waals surface area contributed by atoms with E-state index in [0.29, 0.717) is 13.2 Å². The fraction of sp³-hybridized carbons (Fsp3) is 0.500. The molecule has 4 nitrogen and oxygen atoms in total. The standard InChI is InChI=1S/C12H15Cl2NO3/c1-2-3-6-17-7-8-18-12(16)9-4-5-10(13)15-11(9)14/h4-5H,2-3,6-8H2,1H3. The number of hydrogen-bond donors (Lipinski definition) is 0. The molecule has 100 valence electrons. The average Bonchev–Trinajstić information content (AvgIpc) is 2.33. The number of nitrogens with zero attached hydrogens (tertiary/aromatic N) is 1. The zero-order chi connectivity index (χ0) is 13.4. The number of halogens is 2. The molecule has 1 aromatic heterocycles. The minimum absolute atomic E-state index is 0.0411. The van der Waals surface area contributed by atoms with Crippen LogP contribution >= 0.6 is 23.2 Å². The molecule has 6 heteroatoms. The highest BCUT2D eigenvalue weighted by Gasteiger charge is 2.13. The van der Waals surface area contributed by atoms with Gasteiger partial charge in [0.25, 0.3) is 0 Å². The average molecular weight is 292 g/mol. The Balaban J connectivity index is 2.32. The van der Waals surface area contributed by atoms with Crippen molar-refractivity contribution in [2.75, 3.05) is 19.8 Å². The van der Waals surface area contributed by atoms with Gasteiger partial charge in [0.05, 0.1) is 12.2 Å². The Morgan fingerprint density at radius 2 is 2.06 bits per heavy atom. The van der Waals surface area contributed by atoms with Crippen molar-refractivity contribution in [1.82, 2.24) is 4.98 Å². The van der Waals surface area contributed by atoms with Gasteiger partial charge in [0.2, 0.25) is 0 Å². The monoisotopic (exact) mass is 291 g/mol. The first-order chi connectivity index (χ1) is 8.65. The molecule has 0 aliphatic rings. The number of ether oxygens (including phenoxy) is 2. The molecule has 0 bridgehead atoms. The van der Waals surface area contributed by atoms with Crippen LogP contribution in [0.25, 0.3) is 0 Å². The normalized spacial score (nSPS) is 10.4. The minimum atomic E-state index is -0.525. The molecule has 0 unspecified atom stereocenters. The highest BCUT2D eigenvalue weighted by atomic mass is 35.5. The lowest BCUT2D eigenvalue weighted by Gasteiger charge is -2.06. The number of rotatable bonds is 7. The van der Waals surface area contributed by atoms with Crippen LogP contribution in [0.4, 0.5) is 0 Å². The Morgan fingerprint density at radius 1 is 1.28 bits per heavy atom. The van der Waals surface area contributed by atoms with Crippen LogP contribution in [0.15, 0.2) is 12.1 Å².